The average molecular weight is 497 g/mol. The summed E-state index contributed by atoms with van der Waals surface area (Å²) in [6.07, 6.45) is 14.7. The monoisotopic (exact) mass is 496 g/mol. The van der Waals surface area contributed by atoms with E-state index in [9.17, 15) is 4.79 Å². The van der Waals surface area contributed by atoms with E-state index in [1.54, 1.807) is 30.3 Å². The Morgan fingerprint density at radius 2 is 1.61 bits per heavy atom. The standard InChI is InChI=1S/C32H45FO3/c1-4-6-8-10-11-24(3)35-32(34)36-29-20-17-27(18-21-29)30-22-19-28(23-31(30)33)26-15-13-25(14-16-26)12-9-7-5-2/h17-26H,4-16H2,1-3H3. The lowest BCUT2D eigenvalue weighted by Gasteiger charge is -2.29. The van der Waals surface area contributed by atoms with Crippen molar-refractivity contribution in [3.05, 3.63) is 53.8 Å². The third-order valence-corrected chi connectivity index (χ3v) is 7.66. The molecule has 36 heavy (non-hydrogen) atoms. The Morgan fingerprint density at radius 1 is 0.917 bits per heavy atom. The molecule has 1 aliphatic rings. The van der Waals surface area contributed by atoms with Gasteiger partial charge in [0.2, 0.25) is 0 Å². The van der Waals surface area contributed by atoms with E-state index >= 15 is 4.39 Å². The Labute approximate surface area is 217 Å². The van der Waals surface area contributed by atoms with Crippen molar-refractivity contribution < 1.29 is 18.7 Å². The first kappa shape index (κ1) is 28.2. The van der Waals surface area contributed by atoms with Crippen molar-refractivity contribution in [2.75, 3.05) is 0 Å². The fourth-order valence-corrected chi connectivity index (χ4v) is 5.39. The maximum absolute atomic E-state index is 15.1. The second-order valence-electron chi connectivity index (χ2n) is 10.6. The first-order valence-corrected chi connectivity index (χ1v) is 14.3. The molecule has 1 fully saturated rings. The van der Waals surface area contributed by atoms with E-state index in [2.05, 4.69) is 19.9 Å². The van der Waals surface area contributed by atoms with Crippen LogP contribution in [0.2, 0.25) is 0 Å². The normalized spacial score (nSPS) is 18.6. The van der Waals surface area contributed by atoms with Crippen molar-refractivity contribution in [1.29, 1.82) is 0 Å². The van der Waals surface area contributed by atoms with E-state index in [-0.39, 0.29) is 11.9 Å². The molecular weight excluding hydrogens is 451 g/mol. The summed E-state index contributed by atoms with van der Waals surface area (Å²) in [4.78, 5) is 12.1. The Kier molecular flexibility index (Phi) is 11.8. The molecule has 198 valence electrons. The van der Waals surface area contributed by atoms with Crippen LogP contribution in [0, 0.1) is 11.7 Å². The third-order valence-electron chi connectivity index (χ3n) is 7.66. The molecule has 2 aromatic carbocycles. The van der Waals surface area contributed by atoms with Gasteiger partial charge in [0.05, 0.1) is 0 Å². The molecule has 0 aliphatic heterocycles. The first-order chi connectivity index (χ1) is 17.5. The van der Waals surface area contributed by atoms with Crippen LogP contribution in [0.4, 0.5) is 9.18 Å². The molecule has 1 atom stereocenters. The van der Waals surface area contributed by atoms with Crippen LogP contribution in [0.25, 0.3) is 11.1 Å². The van der Waals surface area contributed by atoms with Crippen molar-refractivity contribution in [2.45, 2.75) is 116 Å². The number of ether oxygens (including phenoxy) is 2. The highest BCUT2D eigenvalue weighted by atomic mass is 19.1. The van der Waals surface area contributed by atoms with Gasteiger partial charge in [-0.2, -0.15) is 0 Å². The fraction of sp³-hybridized carbons (Fsp3) is 0.594. The van der Waals surface area contributed by atoms with Crippen molar-refractivity contribution in [2.24, 2.45) is 5.92 Å². The van der Waals surface area contributed by atoms with Crippen LogP contribution in [0.15, 0.2) is 42.5 Å². The molecule has 0 amide bonds. The number of carbonyl (C=O) groups is 1. The van der Waals surface area contributed by atoms with E-state index in [1.165, 1.54) is 51.4 Å². The number of hydrogen-bond donors (Lipinski definition) is 0. The molecule has 0 aromatic heterocycles. The predicted octanol–water partition coefficient (Wildman–Crippen LogP) is 10.2. The molecule has 2 aromatic rings. The van der Waals surface area contributed by atoms with Crippen molar-refractivity contribution in [3.8, 4) is 16.9 Å². The number of carbonyl (C=O) groups excluding carboxylic acids is 1. The van der Waals surface area contributed by atoms with Crippen LogP contribution in [-0.4, -0.2) is 12.3 Å². The summed E-state index contributed by atoms with van der Waals surface area (Å²) in [7, 11) is 0. The van der Waals surface area contributed by atoms with E-state index in [1.807, 2.05) is 13.0 Å². The van der Waals surface area contributed by atoms with Gasteiger partial charge in [-0.15, -0.1) is 0 Å². The highest BCUT2D eigenvalue weighted by molar-refractivity contribution is 5.67. The van der Waals surface area contributed by atoms with E-state index < -0.39 is 6.16 Å². The number of rotatable bonds is 13. The van der Waals surface area contributed by atoms with E-state index in [0.717, 1.165) is 49.1 Å². The number of halogens is 1. The molecule has 3 rings (SSSR count). The summed E-state index contributed by atoms with van der Waals surface area (Å²) >= 11 is 0. The number of hydrogen-bond acceptors (Lipinski definition) is 3. The molecular formula is C32H45FO3. The van der Waals surface area contributed by atoms with Gasteiger partial charge in [0.15, 0.2) is 0 Å². The zero-order valence-electron chi connectivity index (χ0n) is 22.6. The van der Waals surface area contributed by atoms with E-state index in [4.69, 9.17) is 9.47 Å². The van der Waals surface area contributed by atoms with Crippen molar-refractivity contribution >= 4 is 6.16 Å². The Hall–Kier alpha value is -2.36. The van der Waals surface area contributed by atoms with Gasteiger partial charge in [0, 0.05) is 5.56 Å². The van der Waals surface area contributed by atoms with Crippen LogP contribution in [0.3, 0.4) is 0 Å². The van der Waals surface area contributed by atoms with E-state index in [0.29, 0.717) is 17.2 Å². The Balaban J connectivity index is 1.49. The fourth-order valence-electron chi connectivity index (χ4n) is 5.39. The minimum atomic E-state index is -0.693. The Morgan fingerprint density at radius 3 is 2.28 bits per heavy atom. The Bertz CT molecular complexity index is 915. The maximum Gasteiger partial charge on any atom is 0.514 e. The highest BCUT2D eigenvalue weighted by Crippen LogP contribution is 2.39. The van der Waals surface area contributed by atoms with Gasteiger partial charge in [-0.25, -0.2) is 9.18 Å². The second-order valence-corrected chi connectivity index (χ2v) is 10.6. The molecule has 4 heteroatoms. The summed E-state index contributed by atoms with van der Waals surface area (Å²) in [6, 6.07) is 12.7. The second kappa shape index (κ2) is 15.0. The van der Waals surface area contributed by atoms with Crippen molar-refractivity contribution in [3.63, 3.8) is 0 Å². The summed E-state index contributed by atoms with van der Waals surface area (Å²) in [5.41, 5.74) is 2.46. The highest BCUT2D eigenvalue weighted by Gasteiger charge is 2.23. The molecule has 1 saturated carbocycles. The van der Waals surface area contributed by atoms with Gasteiger partial charge < -0.3 is 9.47 Å². The summed E-state index contributed by atoms with van der Waals surface area (Å²) < 4.78 is 25.7. The molecule has 0 N–H and O–H groups in total. The van der Waals surface area contributed by atoms with Crippen LogP contribution in [0.1, 0.15) is 116 Å². The first-order valence-electron chi connectivity index (χ1n) is 14.3. The average Bonchev–Trinajstić information content (AvgIpc) is 2.88. The summed E-state index contributed by atoms with van der Waals surface area (Å²) in [5, 5.41) is 0. The zero-order chi connectivity index (χ0) is 25.8. The van der Waals surface area contributed by atoms with Gasteiger partial charge in [-0.05, 0) is 86.6 Å². The van der Waals surface area contributed by atoms with Gasteiger partial charge >= 0.3 is 6.16 Å². The quantitative estimate of drug-likeness (QED) is 0.157. The summed E-state index contributed by atoms with van der Waals surface area (Å²) in [5.74, 6) is 1.52. The summed E-state index contributed by atoms with van der Waals surface area (Å²) in [6.45, 7) is 6.32. The molecule has 0 spiro atoms. The number of unbranched alkanes of at least 4 members (excludes halogenated alkanes) is 5. The minimum Gasteiger partial charge on any atom is -0.431 e. The molecule has 0 heterocycles. The van der Waals surface area contributed by atoms with Gasteiger partial charge in [-0.3, -0.25) is 0 Å². The molecule has 0 radical (unpaired) electrons. The molecule has 0 saturated heterocycles. The van der Waals surface area contributed by atoms with Crippen LogP contribution in [0.5, 0.6) is 5.75 Å². The van der Waals surface area contributed by atoms with Crippen LogP contribution >= 0.6 is 0 Å². The van der Waals surface area contributed by atoms with Gasteiger partial charge in [-0.1, -0.05) is 83.1 Å². The van der Waals surface area contributed by atoms with Crippen LogP contribution in [-0.2, 0) is 4.74 Å². The lowest BCUT2D eigenvalue weighted by atomic mass is 9.77. The zero-order valence-corrected chi connectivity index (χ0v) is 22.6. The molecule has 0 bridgehead atoms. The SMILES string of the molecule is CCCCCCC(C)OC(=O)Oc1ccc(-c2ccc(C3CCC(CCCCC)CC3)cc2F)cc1. The van der Waals surface area contributed by atoms with Gasteiger partial charge in [0.1, 0.15) is 17.7 Å². The lowest BCUT2D eigenvalue weighted by Crippen LogP contribution is -2.18. The van der Waals surface area contributed by atoms with Crippen LogP contribution < -0.4 is 4.74 Å². The molecule has 3 nitrogen and oxygen atoms in total. The van der Waals surface area contributed by atoms with Crippen molar-refractivity contribution in [1.82, 2.24) is 0 Å². The lowest BCUT2D eigenvalue weighted by molar-refractivity contribution is 0.0613. The molecule has 1 aliphatic carbocycles. The number of benzene rings is 2. The topological polar surface area (TPSA) is 35.5 Å². The largest absolute Gasteiger partial charge is 0.514 e. The van der Waals surface area contributed by atoms with Gasteiger partial charge in [0.25, 0.3) is 0 Å². The predicted molar refractivity (Wildman–Crippen MR) is 146 cm³/mol. The smallest absolute Gasteiger partial charge is 0.431 e. The molecule has 1 unspecified atom stereocenters. The minimum absolute atomic E-state index is 0.169. The third kappa shape index (κ3) is 8.94. The maximum atomic E-state index is 15.1.